The number of fused-ring (bicyclic) bond motifs is 1. The van der Waals surface area contributed by atoms with Gasteiger partial charge in [0.25, 0.3) is 5.79 Å². The third-order valence-corrected chi connectivity index (χ3v) is 4.53. The standard InChI is InChI=1S/C19H21NO2/c1-12(2)15-5-4-6-16-18(15)22-19(3,21-16)17-10-9-14(11-20-17)13-7-8-13/h4-6,9-13H,7-8H2,1-3H3/t19-/m0/s1. The first-order valence-electron chi connectivity index (χ1n) is 8.04. The third kappa shape index (κ3) is 2.16. The van der Waals surface area contributed by atoms with E-state index in [0.717, 1.165) is 17.2 Å². The van der Waals surface area contributed by atoms with E-state index in [9.17, 15) is 0 Å². The van der Waals surface area contributed by atoms with Crippen LogP contribution in [-0.4, -0.2) is 4.98 Å². The molecule has 1 aromatic carbocycles. The number of aromatic nitrogens is 1. The number of rotatable bonds is 3. The van der Waals surface area contributed by atoms with Gasteiger partial charge in [-0.1, -0.05) is 32.0 Å². The Kier molecular flexibility index (Phi) is 2.93. The molecular formula is C19H21NO2. The zero-order valence-electron chi connectivity index (χ0n) is 13.3. The summed E-state index contributed by atoms with van der Waals surface area (Å²) in [6.07, 6.45) is 4.54. The SMILES string of the molecule is CC(C)c1cccc2c1O[C@@](C)(c1ccc(C3CC3)cn1)O2. The quantitative estimate of drug-likeness (QED) is 0.820. The summed E-state index contributed by atoms with van der Waals surface area (Å²) in [5, 5.41) is 0. The van der Waals surface area contributed by atoms with Crippen LogP contribution in [0, 0.1) is 0 Å². The molecule has 1 fully saturated rings. The fourth-order valence-corrected chi connectivity index (χ4v) is 3.04. The van der Waals surface area contributed by atoms with E-state index in [1.165, 1.54) is 24.0 Å². The smallest absolute Gasteiger partial charge is 0.292 e. The highest BCUT2D eigenvalue weighted by Crippen LogP contribution is 2.47. The van der Waals surface area contributed by atoms with Crippen molar-refractivity contribution in [1.29, 1.82) is 0 Å². The highest BCUT2D eigenvalue weighted by atomic mass is 16.7. The van der Waals surface area contributed by atoms with E-state index < -0.39 is 5.79 Å². The van der Waals surface area contributed by atoms with Gasteiger partial charge in [0.2, 0.25) is 0 Å². The lowest BCUT2D eigenvalue weighted by atomic mass is 10.0. The van der Waals surface area contributed by atoms with E-state index >= 15 is 0 Å². The van der Waals surface area contributed by atoms with Crippen molar-refractivity contribution in [3.8, 4) is 11.5 Å². The normalized spacial score (nSPS) is 23.1. The molecule has 114 valence electrons. The van der Waals surface area contributed by atoms with Crippen molar-refractivity contribution < 1.29 is 9.47 Å². The molecule has 0 saturated heterocycles. The molecule has 0 amide bonds. The molecule has 4 rings (SSSR count). The first-order valence-corrected chi connectivity index (χ1v) is 8.04. The predicted molar refractivity (Wildman–Crippen MR) is 85.4 cm³/mol. The molecule has 1 aliphatic heterocycles. The summed E-state index contributed by atoms with van der Waals surface area (Å²) in [6, 6.07) is 10.3. The van der Waals surface area contributed by atoms with Gasteiger partial charge in [-0.3, -0.25) is 4.98 Å². The lowest BCUT2D eigenvalue weighted by molar-refractivity contribution is -0.0721. The summed E-state index contributed by atoms with van der Waals surface area (Å²) >= 11 is 0. The second kappa shape index (κ2) is 4.73. The molecule has 1 saturated carbocycles. The van der Waals surface area contributed by atoms with Gasteiger partial charge in [-0.15, -0.1) is 0 Å². The highest BCUT2D eigenvalue weighted by molar-refractivity contribution is 5.51. The Hall–Kier alpha value is -2.03. The van der Waals surface area contributed by atoms with Crippen LogP contribution in [0.2, 0.25) is 0 Å². The van der Waals surface area contributed by atoms with Crippen molar-refractivity contribution in [2.75, 3.05) is 0 Å². The van der Waals surface area contributed by atoms with Crippen LogP contribution in [0.1, 0.15) is 62.3 Å². The predicted octanol–water partition coefficient (Wildman–Crippen LogP) is 4.73. The molecule has 1 atom stereocenters. The molecule has 2 aromatic rings. The Labute approximate surface area is 131 Å². The number of hydrogen-bond acceptors (Lipinski definition) is 3. The molecule has 0 bridgehead atoms. The van der Waals surface area contributed by atoms with Gasteiger partial charge in [0, 0.05) is 18.7 Å². The second-order valence-corrected chi connectivity index (χ2v) is 6.73. The minimum absolute atomic E-state index is 0.395. The summed E-state index contributed by atoms with van der Waals surface area (Å²) in [6.45, 7) is 6.27. The summed E-state index contributed by atoms with van der Waals surface area (Å²) < 4.78 is 12.3. The minimum atomic E-state index is -0.838. The molecule has 3 heteroatoms. The third-order valence-electron chi connectivity index (χ3n) is 4.53. The number of nitrogens with zero attached hydrogens (tertiary/aromatic N) is 1. The van der Waals surface area contributed by atoms with Crippen LogP contribution in [0.4, 0.5) is 0 Å². The first-order chi connectivity index (χ1) is 10.6. The zero-order chi connectivity index (χ0) is 15.3. The molecule has 0 unspecified atom stereocenters. The van der Waals surface area contributed by atoms with Crippen molar-refractivity contribution in [1.82, 2.24) is 4.98 Å². The molecule has 1 aliphatic carbocycles. The van der Waals surface area contributed by atoms with Crippen molar-refractivity contribution in [2.45, 2.75) is 51.2 Å². The van der Waals surface area contributed by atoms with Crippen molar-refractivity contribution in [3.05, 3.63) is 53.3 Å². The van der Waals surface area contributed by atoms with E-state index in [1.807, 2.05) is 31.3 Å². The van der Waals surface area contributed by atoms with Gasteiger partial charge in [-0.05, 0) is 42.4 Å². The average Bonchev–Trinajstić information content (AvgIpc) is 3.28. The monoisotopic (exact) mass is 295 g/mol. The van der Waals surface area contributed by atoms with E-state index in [1.54, 1.807) is 0 Å². The van der Waals surface area contributed by atoms with Crippen molar-refractivity contribution in [3.63, 3.8) is 0 Å². The summed E-state index contributed by atoms with van der Waals surface area (Å²) in [5.41, 5.74) is 3.32. The van der Waals surface area contributed by atoms with Crippen molar-refractivity contribution in [2.24, 2.45) is 0 Å². The van der Waals surface area contributed by atoms with Gasteiger partial charge in [0.05, 0.1) is 0 Å². The van der Waals surface area contributed by atoms with Gasteiger partial charge in [0.1, 0.15) is 5.69 Å². The van der Waals surface area contributed by atoms with Gasteiger partial charge in [0.15, 0.2) is 11.5 Å². The van der Waals surface area contributed by atoms with Crippen LogP contribution in [0.3, 0.4) is 0 Å². The molecular weight excluding hydrogens is 274 g/mol. The van der Waals surface area contributed by atoms with Gasteiger partial charge < -0.3 is 9.47 Å². The Morgan fingerprint density at radius 1 is 1.14 bits per heavy atom. The van der Waals surface area contributed by atoms with Crippen LogP contribution in [-0.2, 0) is 5.79 Å². The lowest BCUT2D eigenvalue weighted by Crippen LogP contribution is -2.32. The Bertz CT molecular complexity index is 704. The number of hydrogen-bond donors (Lipinski definition) is 0. The maximum absolute atomic E-state index is 6.20. The van der Waals surface area contributed by atoms with Crippen LogP contribution in [0.5, 0.6) is 11.5 Å². The van der Waals surface area contributed by atoms with Crippen LogP contribution < -0.4 is 9.47 Å². The van der Waals surface area contributed by atoms with E-state index in [-0.39, 0.29) is 0 Å². The summed E-state index contributed by atoms with van der Waals surface area (Å²) in [5.74, 6) is 1.93. The minimum Gasteiger partial charge on any atom is -0.443 e. The summed E-state index contributed by atoms with van der Waals surface area (Å²) in [4.78, 5) is 4.60. The zero-order valence-corrected chi connectivity index (χ0v) is 13.3. The van der Waals surface area contributed by atoms with Gasteiger partial charge >= 0.3 is 0 Å². The topological polar surface area (TPSA) is 31.4 Å². The molecule has 0 spiro atoms. The maximum Gasteiger partial charge on any atom is 0.292 e. The van der Waals surface area contributed by atoms with Crippen LogP contribution >= 0.6 is 0 Å². The molecule has 0 N–H and O–H groups in total. The largest absolute Gasteiger partial charge is 0.443 e. The molecule has 3 nitrogen and oxygen atoms in total. The Balaban J connectivity index is 1.66. The van der Waals surface area contributed by atoms with Crippen LogP contribution in [0.25, 0.3) is 0 Å². The Morgan fingerprint density at radius 2 is 1.95 bits per heavy atom. The average molecular weight is 295 g/mol. The number of benzene rings is 1. The lowest BCUT2D eigenvalue weighted by Gasteiger charge is -2.22. The molecule has 22 heavy (non-hydrogen) atoms. The fraction of sp³-hybridized carbons (Fsp3) is 0.421. The number of pyridine rings is 1. The first kappa shape index (κ1) is 13.6. The van der Waals surface area contributed by atoms with Gasteiger partial charge in [-0.25, -0.2) is 0 Å². The summed E-state index contributed by atoms with van der Waals surface area (Å²) in [7, 11) is 0. The Morgan fingerprint density at radius 3 is 2.59 bits per heavy atom. The van der Waals surface area contributed by atoms with Crippen LogP contribution in [0.15, 0.2) is 36.5 Å². The van der Waals surface area contributed by atoms with Crippen molar-refractivity contribution >= 4 is 0 Å². The van der Waals surface area contributed by atoms with E-state index in [4.69, 9.17) is 9.47 Å². The molecule has 0 radical (unpaired) electrons. The molecule has 2 aliphatic rings. The number of para-hydroxylation sites is 1. The van der Waals surface area contributed by atoms with Gasteiger partial charge in [-0.2, -0.15) is 0 Å². The highest BCUT2D eigenvalue weighted by Gasteiger charge is 2.41. The van der Waals surface area contributed by atoms with E-state index in [0.29, 0.717) is 11.8 Å². The van der Waals surface area contributed by atoms with E-state index in [2.05, 4.69) is 31.0 Å². The molecule has 1 aromatic heterocycles. The maximum atomic E-state index is 6.20. The molecule has 2 heterocycles. The fourth-order valence-electron chi connectivity index (χ4n) is 3.04. The second-order valence-electron chi connectivity index (χ2n) is 6.73. The number of ether oxygens (including phenoxy) is 2.